The van der Waals surface area contributed by atoms with Crippen LogP contribution in [0.5, 0.6) is 0 Å². The van der Waals surface area contributed by atoms with Crippen molar-refractivity contribution in [3.8, 4) is 0 Å². The van der Waals surface area contributed by atoms with Crippen LogP contribution in [0.4, 0.5) is 0 Å². The maximum atomic E-state index is 11.7. The fraction of sp³-hybridized carbons (Fsp3) is 0.583. The molecule has 0 radical (unpaired) electrons. The fourth-order valence-electron chi connectivity index (χ4n) is 2.24. The Hall–Kier alpha value is -1.29. The normalized spacial score (nSPS) is 18.6. The molecule has 4 heteroatoms. The number of nitrogens with one attached hydrogen (secondary N) is 1. The van der Waals surface area contributed by atoms with Gasteiger partial charge in [-0.05, 0) is 25.0 Å². The van der Waals surface area contributed by atoms with Crippen molar-refractivity contribution in [2.24, 2.45) is 5.73 Å². The van der Waals surface area contributed by atoms with Crippen LogP contribution in [0.25, 0.3) is 0 Å². The highest BCUT2D eigenvalue weighted by molar-refractivity contribution is 5.77. The maximum Gasteiger partial charge on any atom is 0.222 e. The van der Waals surface area contributed by atoms with Crippen molar-refractivity contribution in [2.45, 2.75) is 44.2 Å². The van der Waals surface area contributed by atoms with Crippen LogP contribution in [0.3, 0.4) is 0 Å². The maximum absolute atomic E-state index is 11.7. The predicted molar refractivity (Wildman–Crippen MR) is 60.6 cm³/mol. The number of hydrogen-bond donors (Lipinski definition) is 2. The molecule has 1 aliphatic rings. The quantitative estimate of drug-likeness (QED) is 0.812. The average Bonchev–Trinajstić information content (AvgIpc) is 2.86. The molecule has 0 saturated heterocycles. The summed E-state index contributed by atoms with van der Waals surface area (Å²) < 4.78 is 5.13. The van der Waals surface area contributed by atoms with Gasteiger partial charge in [-0.3, -0.25) is 4.79 Å². The van der Waals surface area contributed by atoms with E-state index in [4.69, 9.17) is 10.2 Å². The SMILES string of the molecule is NC1(CC(=O)NCc2ccco2)CCCC1. The molecule has 0 aromatic carbocycles. The van der Waals surface area contributed by atoms with E-state index >= 15 is 0 Å². The van der Waals surface area contributed by atoms with Gasteiger partial charge in [0.2, 0.25) is 5.91 Å². The summed E-state index contributed by atoms with van der Waals surface area (Å²) in [7, 11) is 0. The van der Waals surface area contributed by atoms with Gasteiger partial charge in [0.1, 0.15) is 5.76 Å². The molecule has 4 nitrogen and oxygen atoms in total. The lowest BCUT2D eigenvalue weighted by molar-refractivity contribution is -0.122. The predicted octanol–water partition coefficient (Wildman–Crippen LogP) is 1.56. The van der Waals surface area contributed by atoms with E-state index in [0.717, 1.165) is 31.4 Å². The van der Waals surface area contributed by atoms with E-state index in [2.05, 4.69) is 5.32 Å². The molecule has 1 fully saturated rings. The Bertz CT molecular complexity index is 340. The molecule has 0 atom stereocenters. The molecule has 1 heterocycles. The number of rotatable bonds is 4. The standard InChI is InChI=1S/C12H18N2O2/c13-12(5-1-2-6-12)8-11(15)14-9-10-4-3-7-16-10/h3-4,7H,1-2,5-6,8-9,13H2,(H,14,15). The van der Waals surface area contributed by atoms with Crippen LogP contribution in [0, 0.1) is 0 Å². The largest absolute Gasteiger partial charge is 0.467 e. The molecule has 88 valence electrons. The van der Waals surface area contributed by atoms with Crippen molar-refractivity contribution in [1.82, 2.24) is 5.32 Å². The summed E-state index contributed by atoms with van der Waals surface area (Å²) in [6, 6.07) is 3.65. The van der Waals surface area contributed by atoms with Crippen LogP contribution in [0.15, 0.2) is 22.8 Å². The number of hydrogen-bond acceptors (Lipinski definition) is 3. The molecular weight excluding hydrogens is 204 g/mol. The molecule has 0 spiro atoms. The van der Waals surface area contributed by atoms with Gasteiger partial charge >= 0.3 is 0 Å². The van der Waals surface area contributed by atoms with E-state index in [0.29, 0.717) is 13.0 Å². The second-order valence-electron chi connectivity index (χ2n) is 4.60. The van der Waals surface area contributed by atoms with E-state index in [1.807, 2.05) is 12.1 Å². The lowest BCUT2D eigenvalue weighted by atomic mass is 9.94. The Kier molecular flexibility index (Phi) is 3.29. The van der Waals surface area contributed by atoms with Gasteiger partial charge in [0.25, 0.3) is 0 Å². The van der Waals surface area contributed by atoms with E-state index in [1.165, 1.54) is 0 Å². The van der Waals surface area contributed by atoms with Gasteiger partial charge in [-0.2, -0.15) is 0 Å². The molecule has 3 N–H and O–H groups in total. The number of furan rings is 1. The third-order valence-electron chi connectivity index (χ3n) is 3.15. The van der Waals surface area contributed by atoms with E-state index < -0.39 is 0 Å². The monoisotopic (exact) mass is 222 g/mol. The van der Waals surface area contributed by atoms with Gasteiger partial charge in [-0.15, -0.1) is 0 Å². The first-order chi connectivity index (χ1) is 7.68. The Balaban J connectivity index is 1.76. The molecule has 2 rings (SSSR count). The molecule has 0 unspecified atom stereocenters. The van der Waals surface area contributed by atoms with Crippen molar-refractivity contribution in [2.75, 3.05) is 0 Å². The molecule has 16 heavy (non-hydrogen) atoms. The zero-order chi connectivity index (χ0) is 11.4. The van der Waals surface area contributed by atoms with Crippen molar-refractivity contribution >= 4 is 5.91 Å². The highest BCUT2D eigenvalue weighted by atomic mass is 16.3. The summed E-state index contributed by atoms with van der Waals surface area (Å²) in [5, 5.41) is 2.82. The molecule has 0 aliphatic heterocycles. The molecule has 1 amide bonds. The average molecular weight is 222 g/mol. The van der Waals surface area contributed by atoms with Gasteiger partial charge in [0, 0.05) is 12.0 Å². The summed E-state index contributed by atoms with van der Waals surface area (Å²) in [4.78, 5) is 11.7. The van der Waals surface area contributed by atoms with Crippen LogP contribution in [-0.4, -0.2) is 11.4 Å². The molecule has 0 bridgehead atoms. The van der Waals surface area contributed by atoms with Crippen LogP contribution in [0.2, 0.25) is 0 Å². The molecule has 1 aromatic heterocycles. The van der Waals surface area contributed by atoms with Gasteiger partial charge in [-0.25, -0.2) is 0 Å². The molecule has 1 saturated carbocycles. The Morgan fingerprint density at radius 3 is 2.88 bits per heavy atom. The Morgan fingerprint density at radius 2 is 2.25 bits per heavy atom. The van der Waals surface area contributed by atoms with Crippen LogP contribution in [-0.2, 0) is 11.3 Å². The smallest absolute Gasteiger partial charge is 0.222 e. The topological polar surface area (TPSA) is 68.3 Å². The summed E-state index contributed by atoms with van der Waals surface area (Å²) in [6.07, 6.45) is 6.23. The highest BCUT2D eigenvalue weighted by Gasteiger charge is 2.31. The highest BCUT2D eigenvalue weighted by Crippen LogP contribution is 2.29. The number of amides is 1. The summed E-state index contributed by atoms with van der Waals surface area (Å²) in [5.74, 6) is 0.784. The summed E-state index contributed by atoms with van der Waals surface area (Å²) in [6.45, 7) is 0.446. The van der Waals surface area contributed by atoms with E-state index in [1.54, 1.807) is 6.26 Å². The van der Waals surface area contributed by atoms with Crippen molar-refractivity contribution in [1.29, 1.82) is 0 Å². The van der Waals surface area contributed by atoms with E-state index in [9.17, 15) is 4.79 Å². The third-order valence-corrected chi connectivity index (χ3v) is 3.15. The third kappa shape index (κ3) is 2.85. The van der Waals surface area contributed by atoms with Gasteiger partial charge in [0.15, 0.2) is 0 Å². The first-order valence-corrected chi connectivity index (χ1v) is 5.76. The van der Waals surface area contributed by atoms with Crippen molar-refractivity contribution in [3.05, 3.63) is 24.2 Å². The first kappa shape index (κ1) is 11.2. The lowest BCUT2D eigenvalue weighted by Gasteiger charge is -2.22. The van der Waals surface area contributed by atoms with Crippen molar-refractivity contribution < 1.29 is 9.21 Å². The number of carbonyl (C=O) groups excluding carboxylic acids is 1. The van der Waals surface area contributed by atoms with Crippen LogP contribution in [0.1, 0.15) is 37.9 Å². The lowest BCUT2D eigenvalue weighted by Crippen LogP contribution is -2.41. The second kappa shape index (κ2) is 4.70. The van der Waals surface area contributed by atoms with Crippen LogP contribution < -0.4 is 11.1 Å². The van der Waals surface area contributed by atoms with Crippen molar-refractivity contribution in [3.63, 3.8) is 0 Å². The first-order valence-electron chi connectivity index (χ1n) is 5.76. The summed E-state index contributed by atoms with van der Waals surface area (Å²) in [5.41, 5.74) is 5.85. The van der Waals surface area contributed by atoms with E-state index in [-0.39, 0.29) is 11.4 Å². The zero-order valence-corrected chi connectivity index (χ0v) is 9.37. The second-order valence-corrected chi connectivity index (χ2v) is 4.60. The van der Waals surface area contributed by atoms with Gasteiger partial charge in [-0.1, -0.05) is 12.8 Å². The minimum atomic E-state index is -0.271. The molecule has 1 aliphatic carbocycles. The fourth-order valence-corrected chi connectivity index (χ4v) is 2.24. The van der Waals surface area contributed by atoms with Crippen LogP contribution >= 0.6 is 0 Å². The Labute approximate surface area is 95.2 Å². The molecular formula is C12H18N2O2. The summed E-state index contributed by atoms with van der Waals surface area (Å²) >= 11 is 0. The minimum Gasteiger partial charge on any atom is -0.467 e. The van der Waals surface area contributed by atoms with Gasteiger partial charge in [0.05, 0.1) is 12.8 Å². The number of nitrogens with two attached hydrogens (primary N) is 1. The number of carbonyl (C=O) groups is 1. The molecule has 1 aromatic rings. The van der Waals surface area contributed by atoms with Gasteiger partial charge < -0.3 is 15.5 Å². The minimum absolute atomic E-state index is 0.0146. The zero-order valence-electron chi connectivity index (χ0n) is 9.37. The Morgan fingerprint density at radius 1 is 1.50 bits per heavy atom.